The van der Waals surface area contributed by atoms with E-state index in [1.807, 2.05) is 66.7 Å². The summed E-state index contributed by atoms with van der Waals surface area (Å²) in [6.45, 7) is 7.52. The van der Waals surface area contributed by atoms with E-state index in [-0.39, 0.29) is 31.4 Å². The lowest BCUT2D eigenvalue weighted by Crippen LogP contribution is -2.50. The number of ether oxygens (including phenoxy) is 1. The van der Waals surface area contributed by atoms with E-state index >= 15 is 0 Å². The van der Waals surface area contributed by atoms with Crippen molar-refractivity contribution in [3.8, 4) is 0 Å². The van der Waals surface area contributed by atoms with E-state index in [0.717, 1.165) is 22.8 Å². The normalized spacial score (nSPS) is 16.1. The molecule has 0 aromatic heterocycles. The lowest BCUT2D eigenvalue weighted by Gasteiger charge is -2.26. The van der Waals surface area contributed by atoms with Crippen LogP contribution in [0.15, 0.2) is 98.1 Å². The zero-order valence-corrected chi connectivity index (χ0v) is 26.8. The van der Waals surface area contributed by atoms with Gasteiger partial charge < -0.3 is 25.4 Å². The molecule has 1 saturated heterocycles. The molecule has 4 atom stereocenters. The van der Waals surface area contributed by atoms with E-state index in [2.05, 4.69) is 23.8 Å². The molecule has 1 fully saturated rings. The van der Waals surface area contributed by atoms with Gasteiger partial charge in [-0.2, -0.15) is 0 Å². The van der Waals surface area contributed by atoms with Crippen molar-refractivity contribution in [1.29, 1.82) is 0 Å². The van der Waals surface area contributed by atoms with Crippen molar-refractivity contribution in [1.82, 2.24) is 10.2 Å². The van der Waals surface area contributed by atoms with Gasteiger partial charge in [-0.1, -0.05) is 72.8 Å². The number of allylic oxidation sites excluding steroid dienone is 2. The molecule has 3 aromatic rings. The van der Waals surface area contributed by atoms with Crippen LogP contribution in [0.2, 0.25) is 0 Å². The highest BCUT2D eigenvalue weighted by atomic mass is 16.5. The number of anilines is 1. The quantitative estimate of drug-likeness (QED) is 0.138. The molecule has 9 nitrogen and oxygen atoms in total. The topological polar surface area (TPSA) is 125 Å². The van der Waals surface area contributed by atoms with E-state index in [0.29, 0.717) is 37.9 Å². The lowest BCUT2D eigenvalue weighted by molar-refractivity contribution is -0.150. The summed E-state index contributed by atoms with van der Waals surface area (Å²) in [7, 11) is 0. The SMILES string of the molecule is C=CCC[C@H](Cc1ccccc1)C(=O)OC[C@H](NC(=O)[C@H](CC=C)CC(=O)N1CCC[C@H]1CO)C(=O)Nc1ccc2ccccc2c1. The van der Waals surface area contributed by atoms with Crippen LogP contribution in [0.25, 0.3) is 10.8 Å². The van der Waals surface area contributed by atoms with Crippen molar-refractivity contribution in [2.75, 3.05) is 25.1 Å². The van der Waals surface area contributed by atoms with Crippen LogP contribution in [-0.4, -0.2) is 65.5 Å². The third-order valence-electron chi connectivity index (χ3n) is 8.57. The van der Waals surface area contributed by atoms with Gasteiger partial charge in [0, 0.05) is 18.7 Å². The van der Waals surface area contributed by atoms with Crippen LogP contribution in [0.4, 0.5) is 5.69 Å². The molecule has 47 heavy (non-hydrogen) atoms. The summed E-state index contributed by atoms with van der Waals surface area (Å²) in [6, 6.07) is 21.3. The molecular formula is C38H45N3O6. The minimum atomic E-state index is -1.23. The summed E-state index contributed by atoms with van der Waals surface area (Å²) in [4.78, 5) is 55.4. The zero-order valence-electron chi connectivity index (χ0n) is 26.8. The first-order valence-corrected chi connectivity index (χ1v) is 16.3. The number of benzene rings is 3. The van der Waals surface area contributed by atoms with Gasteiger partial charge in [-0.25, -0.2) is 0 Å². The molecule has 4 rings (SSSR count). The second-order valence-electron chi connectivity index (χ2n) is 12.0. The standard InChI is InChI=1S/C38H45N3O6/c1-3-5-15-31(22-27-13-7-6-8-14-27)38(46)47-26-34(37(45)39-32-20-19-28-16-9-10-17-29(28)23-32)40-36(44)30(12-4-2)24-35(43)41-21-11-18-33(41)25-42/h3-4,6-10,13-14,16-17,19-20,23,30-31,33-34,42H,1-2,5,11-12,15,18,21-22,24-26H2,(H,39,45)(H,40,44)/t30-,31-,33+,34+/m1/s1. The summed E-state index contributed by atoms with van der Waals surface area (Å²) in [5.74, 6) is -3.07. The molecule has 0 spiro atoms. The number of carbonyl (C=O) groups is 4. The zero-order chi connectivity index (χ0) is 33.6. The number of hydrogen-bond donors (Lipinski definition) is 3. The Bertz CT molecular complexity index is 1540. The first kappa shape index (κ1) is 35.1. The van der Waals surface area contributed by atoms with E-state index < -0.39 is 42.3 Å². The monoisotopic (exact) mass is 639 g/mol. The van der Waals surface area contributed by atoms with Crippen LogP contribution in [0, 0.1) is 11.8 Å². The second kappa shape index (κ2) is 17.8. The van der Waals surface area contributed by atoms with E-state index in [9.17, 15) is 24.3 Å². The minimum Gasteiger partial charge on any atom is -0.463 e. The summed E-state index contributed by atoms with van der Waals surface area (Å²) in [5.41, 5.74) is 1.50. The van der Waals surface area contributed by atoms with Gasteiger partial charge in [-0.15, -0.1) is 13.2 Å². The predicted molar refractivity (Wildman–Crippen MR) is 183 cm³/mol. The number of esters is 1. The van der Waals surface area contributed by atoms with Crippen LogP contribution in [-0.2, 0) is 30.3 Å². The van der Waals surface area contributed by atoms with E-state index in [4.69, 9.17) is 4.74 Å². The molecule has 3 aromatic carbocycles. The number of aliphatic hydroxyl groups is 1. The fourth-order valence-corrected chi connectivity index (χ4v) is 5.94. The van der Waals surface area contributed by atoms with Gasteiger partial charge in [-0.3, -0.25) is 19.2 Å². The Morgan fingerprint density at radius 1 is 0.936 bits per heavy atom. The molecule has 0 unspecified atom stereocenters. The average molecular weight is 640 g/mol. The first-order chi connectivity index (χ1) is 22.8. The van der Waals surface area contributed by atoms with Gasteiger partial charge in [0.25, 0.3) is 5.91 Å². The van der Waals surface area contributed by atoms with Crippen LogP contribution < -0.4 is 10.6 Å². The molecule has 1 aliphatic heterocycles. The lowest BCUT2D eigenvalue weighted by atomic mass is 9.95. The van der Waals surface area contributed by atoms with Crippen LogP contribution in [0.1, 0.15) is 44.1 Å². The molecule has 9 heteroatoms. The molecule has 0 radical (unpaired) electrons. The van der Waals surface area contributed by atoms with Crippen LogP contribution in [0.3, 0.4) is 0 Å². The minimum absolute atomic E-state index is 0.103. The molecule has 1 aliphatic rings. The van der Waals surface area contributed by atoms with E-state index in [1.54, 1.807) is 23.1 Å². The van der Waals surface area contributed by atoms with Crippen molar-refractivity contribution in [3.05, 3.63) is 104 Å². The smallest absolute Gasteiger partial charge is 0.309 e. The maximum Gasteiger partial charge on any atom is 0.309 e. The number of nitrogens with zero attached hydrogens (tertiary/aromatic N) is 1. The molecule has 0 saturated carbocycles. The van der Waals surface area contributed by atoms with Crippen molar-refractivity contribution >= 4 is 40.2 Å². The fraction of sp³-hybridized carbons (Fsp3) is 0.368. The van der Waals surface area contributed by atoms with Gasteiger partial charge in [-0.05, 0) is 67.0 Å². The Morgan fingerprint density at radius 3 is 2.40 bits per heavy atom. The Hall–Kier alpha value is -4.76. The van der Waals surface area contributed by atoms with Crippen molar-refractivity contribution in [3.63, 3.8) is 0 Å². The van der Waals surface area contributed by atoms with Crippen molar-refractivity contribution < 1.29 is 29.0 Å². The molecule has 0 aliphatic carbocycles. The number of hydrogen-bond acceptors (Lipinski definition) is 6. The molecule has 3 N–H and O–H groups in total. The summed E-state index contributed by atoms with van der Waals surface area (Å²) < 4.78 is 5.72. The van der Waals surface area contributed by atoms with Gasteiger partial charge in [0.1, 0.15) is 12.6 Å². The number of likely N-dealkylation sites (tertiary alicyclic amines) is 1. The third kappa shape index (κ3) is 10.1. The molecular weight excluding hydrogens is 594 g/mol. The molecule has 248 valence electrons. The average Bonchev–Trinajstić information content (AvgIpc) is 3.58. The van der Waals surface area contributed by atoms with Gasteiger partial charge >= 0.3 is 5.97 Å². The van der Waals surface area contributed by atoms with Crippen molar-refractivity contribution in [2.45, 2.75) is 57.0 Å². The number of carbonyl (C=O) groups excluding carboxylic acids is 4. The highest BCUT2D eigenvalue weighted by Crippen LogP contribution is 2.22. The molecule has 0 bridgehead atoms. The molecule has 3 amide bonds. The maximum atomic E-state index is 13.7. The van der Waals surface area contributed by atoms with Crippen LogP contribution >= 0.6 is 0 Å². The first-order valence-electron chi connectivity index (χ1n) is 16.3. The second-order valence-corrected chi connectivity index (χ2v) is 12.0. The summed E-state index contributed by atoms with van der Waals surface area (Å²) in [5, 5.41) is 17.2. The van der Waals surface area contributed by atoms with Crippen molar-refractivity contribution in [2.24, 2.45) is 11.8 Å². The number of nitrogens with one attached hydrogen (secondary N) is 2. The largest absolute Gasteiger partial charge is 0.463 e. The highest BCUT2D eigenvalue weighted by molar-refractivity contribution is 5.99. The number of aliphatic hydroxyl groups excluding tert-OH is 1. The van der Waals surface area contributed by atoms with Crippen LogP contribution in [0.5, 0.6) is 0 Å². The maximum absolute atomic E-state index is 13.7. The number of rotatable bonds is 17. The molecule has 1 heterocycles. The number of amides is 3. The highest BCUT2D eigenvalue weighted by Gasteiger charge is 2.33. The summed E-state index contributed by atoms with van der Waals surface area (Å²) >= 11 is 0. The Kier molecular flexibility index (Phi) is 13.3. The Labute approximate surface area is 276 Å². The third-order valence-corrected chi connectivity index (χ3v) is 8.57. The Balaban J connectivity index is 1.50. The van der Waals surface area contributed by atoms with Gasteiger partial charge in [0.2, 0.25) is 11.8 Å². The predicted octanol–water partition coefficient (Wildman–Crippen LogP) is 5.20. The van der Waals surface area contributed by atoms with E-state index in [1.165, 1.54) is 0 Å². The van der Waals surface area contributed by atoms with Gasteiger partial charge in [0.05, 0.1) is 24.5 Å². The fourth-order valence-electron chi connectivity index (χ4n) is 5.94. The van der Waals surface area contributed by atoms with Gasteiger partial charge in [0.15, 0.2) is 0 Å². The Morgan fingerprint density at radius 2 is 1.68 bits per heavy atom. The number of fused-ring (bicyclic) bond motifs is 1. The summed E-state index contributed by atoms with van der Waals surface area (Å²) in [6.07, 6.45) is 6.50.